The maximum absolute atomic E-state index is 13.8. The molecule has 9 nitrogen and oxygen atoms in total. The molecule has 1 saturated carbocycles. The van der Waals surface area contributed by atoms with E-state index >= 15 is 0 Å². The number of ether oxygens (including phenoxy) is 1. The van der Waals surface area contributed by atoms with Gasteiger partial charge in [-0.25, -0.2) is 4.98 Å². The first-order valence-electron chi connectivity index (χ1n) is 18.1. The van der Waals surface area contributed by atoms with E-state index in [9.17, 15) is 16.2 Å². The van der Waals surface area contributed by atoms with Gasteiger partial charge in [0.2, 0.25) is 11.7 Å². The van der Waals surface area contributed by atoms with E-state index in [2.05, 4.69) is 43.8 Å². The number of fused-ring (bicyclic) bond motifs is 2. The molecule has 4 heterocycles. The molecule has 3 aliphatic rings. The molecule has 0 aromatic carbocycles. The van der Waals surface area contributed by atoms with Crippen molar-refractivity contribution in [1.29, 1.82) is 5.26 Å². The highest BCUT2D eigenvalue weighted by molar-refractivity contribution is 6.76. The van der Waals surface area contributed by atoms with Gasteiger partial charge in [0.25, 0.3) is 5.91 Å². The van der Waals surface area contributed by atoms with Gasteiger partial charge >= 0.3 is 0 Å². The normalized spacial score (nSPS) is 33.7. The molecule has 10 heteroatoms. The summed E-state index contributed by atoms with van der Waals surface area (Å²) in [4.78, 5) is 37.6. The zero-order chi connectivity index (χ0) is 36.3. The van der Waals surface area contributed by atoms with E-state index in [4.69, 9.17) is 13.8 Å². The van der Waals surface area contributed by atoms with E-state index in [1.165, 1.54) is 17.7 Å². The fourth-order valence-electron chi connectivity index (χ4n) is 6.70. The summed E-state index contributed by atoms with van der Waals surface area (Å²) in [7, 11) is -1.34. The number of nitriles is 1. The van der Waals surface area contributed by atoms with Gasteiger partial charge in [-0.3, -0.25) is 14.6 Å². The SMILES string of the molecule is [2H]C1CC(C)(C)CCC1([2H])c1nc(C2=CC3(C)C([2H])C([2H])C(C)(C2)N3C(C)=O)ccc1NC(=O)c1nc(C#N)cn1COCC[Si](C)(C)C. The summed E-state index contributed by atoms with van der Waals surface area (Å²) in [6.45, 7) is 16.7. The number of nitrogens with zero attached hydrogens (tertiary/aromatic N) is 5. The van der Waals surface area contributed by atoms with Crippen LogP contribution in [0.3, 0.4) is 0 Å². The fourth-order valence-corrected chi connectivity index (χ4v) is 7.45. The Labute approximate surface area is 275 Å². The van der Waals surface area contributed by atoms with Crippen LogP contribution < -0.4 is 5.32 Å². The average Bonchev–Trinajstić information content (AvgIpc) is 3.46. The van der Waals surface area contributed by atoms with Gasteiger partial charge in [0.1, 0.15) is 12.8 Å². The topological polar surface area (TPSA) is 113 Å². The number of nitrogens with one attached hydrogen (secondary N) is 1. The second kappa shape index (κ2) is 12.1. The molecule has 242 valence electrons. The van der Waals surface area contributed by atoms with Crippen LogP contribution in [0.2, 0.25) is 25.7 Å². The van der Waals surface area contributed by atoms with Gasteiger partial charge in [0, 0.05) is 44.7 Å². The van der Waals surface area contributed by atoms with Crippen LogP contribution in [0.1, 0.15) is 119 Å². The molecule has 45 heavy (non-hydrogen) atoms. The Morgan fingerprint density at radius 3 is 2.60 bits per heavy atom. The Morgan fingerprint density at radius 2 is 1.96 bits per heavy atom. The molecule has 1 saturated heterocycles. The first kappa shape index (κ1) is 28.0. The summed E-state index contributed by atoms with van der Waals surface area (Å²) in [5.41, 5.74) is -0.151. The number of imidazole rings is 1. The number of hydrogen-bond acceptors (Lipinski definition) is 6. The second-order valence-electron chi connectivity index (χ2n) is 15.1. The van der Waals surface area contributed by atoms with Crippen LogP contribution in [0, 0.1) is 16.7 Å². The molecule has 1 N–H and O–H groups in total. The number of hydrogen-bond donors (Lipinski definition) is 1. The third kappa shape index (κ3) is 7.10. The third-order valence-corrected chi connectivity index (χ3v) is 10.9. The van der Waals surface area contributed by atoms with Gasteiger partial charge < -0.3 is 19.5 Å². The van der Waals surface area contributed by atoms with Gasteiger partial charge in [0.15, 0.2) is 5.69 Å². The summed E-state index contributed by atoms with van der Waals surface area (Å²) in [6, 6.07) is 6.39. The van der Waals surface area contributed by atoms with Crippen LogP contribution in [0.25, 0.3) is 5.57 Å². The van der Waals surface area contributed by atoms with Gasteiger partial charge in [0.05, 0.1) is 22.6 Å². The summed E-state index contributed by atoms with van der Waals surface area (Å²) in [5, 5.41) is 12.5. The minimum absolute atomic E-state index is 0.00877. The molecule has 2 amide bonds. The Morgan fingerprint density at radius 1 is 1.20 bits per heavy atom. The number of carbonyl (C=O) groups excluding carboxylic acids is 2. The van der Waals surface area contributed by atoms with Gasteiger partial charge in [-0.15, -0.1) is 0 Å². The first-order chi connectivity index (χ1) is 22.6. The highest BCUT2D eigenvalue weighted by Crippen LogP contribution is 2.52. The zero-order valence-electron chi connectivity index (χ0n) is 32.0. The predicted molar refractivity (Wildman–Crippen MR) is 179 cm³/mol. The highest BCUT2D eigenvalue weighted by Gasteiger charge is 2.53. The molecule has 2 aliphatic heterocycles. The largest absolute Gasteiger partial charge is 0.361 e. The maximum atomic E-state index is 13.8. The van der Waals surface area contributed by atoms with E-state index in [-0.39, 0.29) is 41.0 Å². The number of aromatic nitrogens is 3. The smallest absolute Gasteiger partial charge is 0.291 e. The molecule has 6 unspecified atom stereocenters. The van der Waals surface area contributed by atoms with Crippen LogP contribution in [-0.2, 0) is 16.3 Å². The van der Waals surface area contributed by atoms with E-state index in [0.29, 0.717) is 38.0 Å². The van der Waals surface area contributed by atoms with E-state index < -0.39 is 50.1 Å². The summed E-state index contributed by atoms with van der Waals surface area (Å²) in [6.07, 6.45) is 2.67. The van der Waals surface area contributed by atoms with Crippen molar-refractivity contribution < 1.29 is 19.8 Å². The van der Waals surface area contributed by atoms with Crippen molar-refractivity contribution >= 4 is 31.1 Å². The van der Waals surface area contributed by atoms with E-state index in [0.717, 1.165) is 11.6 Å². The molecular weight excluding hydrogens is 581 g/mol. The lowest BCUT2D eigenvalue weighted by Gasteiger charge is -2.46. The first-order valence-corrected chi connectivity index (χ1v) is 19.5. The number of amides is 2. The van der Waals surface area contributed by atoms with Crippen molar-refractivity contribution in [3.63, 3.8) is 0 Å². The van der Waals surface area contributed by atoms with Crippen molar-refractivity contribution in [3.8, 4) is 6.07 Å². The third-order valence-electron chi connectivity index (χ3n) is 9.17. The van der Waals surface area contributed by atoms with Crippen molar-refractivity contribution in [2.75, 3.05) is 11.9 Å². The van der Waals surface area contributed by atoms with Crippen LogP contribution in [0.5, 0.6) is 0 Å². The Hall–Kier alpha value is -3.29. The molecule has 2 fully saturated rings. The quantitative estimate of drug-likeness (QED) is 0.228. The molecule has 2 aromatic heterocycles. The van der Waals surface area contributed by atoms with Gasteiger partial charge in [-0.1, -0.05) is 39.6 Å². The van der Waals surface area contributed by atoms with Gasteiger partial charge in [-0.05, 0) is 87.9 Å². The number of carbonyl (C=O) groups is 2. The summed E-state index contributed by atoms with van der Waals surface area (Å²) >= 11 is 0. The zero-order valence-corrected chi connectivity index (χ0v) is 29.0. The molecule has 0 radical (unpaired) electrons. The van der Waals surface area contributed by atoms with Crippen molar-refractivity contribution in [2.24, 2.45) is 5.41 Å². The number of anilines is 1. The second-order valence-corrected chi connectivity index (χ2v) is 20.8. The fraction of sp³-hybridized carbons (Fsp3) is 0.629. The lowest BCUT2D eigenvalue weighted by molar-refractivity contribution is -0.137. The van der Waals surface area contributed by atoms with Crippen LogP contribution >= 0.6 is 0 Å². The monoisotopic (exact) mass is 634 g/mol. The minimum atomic E-state index is -1.44. The summed E-state index contributed by atoms with van der Waals surface area (Å²) < 4.78 is 44.0. The molecule has 0 spiro atoms. The highest BCUT2D eigenvalue weighted by atomic mass is 28.3. The lowest BCUT2D eigenvalue weighted by Crippen LogP contribution is -2.55. The Kier molecular flexibility index (Phi) is 7.55. The molecule has 2 aromatic rings. The Balaban J connectivity index is 1.54. The van der Waals surface area contributed by atoms with E-state index in [1.807, 2.05) is 26.0 Å². The number of pyridine rings is 1. The number of rotatable bonds is 9. The molecule has 2 bridgehead atoms. The van der Waals surface area contributed by atoms with Crippen molar-refractivity contribution in [3.05, 3.63) is 47.3 Å². The van der Waals surface area contributed by atoms with E-state index in [1.54, 1.807) is 17.0 Å². The lowest BCUT2D eigenvalue weighted by atomic mass is 9.72. The molecule has 5 rings (SSSR count). The Bertz CT molecular complexity index is 1720. The van der Waals surface area contributed by atoms with Crippen molar-refractivity contribution in [2.45, 2.75) is 129 Å². The van der Waals surface area contributed by atoms with Gasteiger partial charge in [-0.2, -0.15) is 5.26 Å². The molecular formula is C35H50N6O3Si. The average molecular weight is 635 g/mol. The van der Waals surface area contributed by atoms with Crippen LogP contribution in [0.4, 0.5) is 5.69 Å². The molecule has 1 aliphatic carbocycles. The van der Waals surface area contributed by atoms with Crippen molar-refractivity contribution in [1.82, 2.24) is 19.4 Å². The minimum Gasteiger partial charge on any atom is -0.361 e. The van der Waals surface area contributed by atoms with Crippen LogP contribution in [-0.4, -0.2) is 57.0 Å². The predicted octanol–water partition coefficient (Wildman–Crippen LogP) is 7.34. The summed E-state index contributed by atoms with van der Waals surface area (Å²) in [5.74, 6) is -2.23. The maximum Gasteiger partial charge on any atom is 0.291 e. The molecule has 6 atom stereocenters. The standard InChI is InChI=1S/C35H50N6O3Si/c1-24(42)41-34(4)15-16-35(41,5)20-26(19-34)28-9-10-29(30(38-28)25-11-13-33(2,3)14-12-25)39-32(43)31-37-27(21-36)22-40(31)23-44-17-18-45(6,7)8/h9-10,19,22,25H,11-18,20,23H2,1-8H3,(H,39,43)/i11D,15D,16D,25D. The van der Waals surface area contributed by atoms with Crippen LogP contribution in [0.15, 0.2) is 24.4 Å².